The van der Waals surface area contributed by atoms with E-state index in [1.54, 1.807) is 42.5 Å². The lowest BCUT2D eigenvalue weighted by atomic mass is 10.1. The number of carbonyl (C=O) groups excluding carboxylic acids is 2. The molecule has 0 saturated carbocycles. The summed E-state index contributed by atoms with van der Waals surface area (Å²) < 4.78 is 0. The van der Waals surface area contributed by atoms with Gasteiger partial charge in [-0.3, -0.25) is 9.59 Å². The zero-order valence-corrected chi connectivity index (χ0v) is 15.7. The van der Waals surface area contributed by atoms with Crippen LogP contribution in [-0.4, -0.2) is 11.8 Å². The summed E-state index contributed by atoms with van der Waals surface area (Å²) in [7, 11) is 0. The van der Waals surface area contributed by atoms with Crippen molar-refractivity contribution in [1.29, 1.82) is 0 Å². The van der Waals surface area contributed by atoms with Crippen LogP contribution >= 0.6 is 23.2 Å². The third-order valence-electron chi connectivity index (χ3n) is 3.91. The number of para-hydroxylation sites is 1. The van der Waals surface area contributed by atoms with E-state index >= 15 is 0 Å². The van der Waals surface area contributed by atoms with Crippen molar-refractivity contribution in [3.63, 3.8) is 0 Å². The van der Waals surface area contributed by atoms with Crippen LogP contribution in [0.4, 0.5) is 5.69 Å². The van der Waals surface area contributed by atoms with E-state index in [0.29, 0.717) is 17.8 Å². The maximum Gasteiger partial charge on any atom is 0.258 e. The normalized spacial score (nSPS) is 10.3. The zero-order valence-electron chi connectivity index (χ0n) is 14.2. The van der Waals surface area contributed by atoms with E-state index in [9.17, 15) is 9.59 Å². The summed E-state index contributed by atoms with van der Waals surface area (Å²) in [6.07, 6.45) is 0. The number of halogens is 2. The molecule has 0 radical (unpaired) electrons. The molecule has 2 N–H and O–H groups in total. The number of hydrogen-bond donors (Lipinski definition) is 2. The van der Waals surface area contributed by atoms with Crippen LogP contribution in [0.25, 0.3) is 0 Å². The maximum atomic E-state index is 12.6. The van der Waals surface area contributed by atoms with Crippen LogP contribution in [-0.2, 0) is 6.54 Å². The predicted molar refractivity (Wildman–Crippen MR) is 108 cm³/mol. The lowest BCUT2D eigenvalue weighted by molar-refractivity contribution is 0.0952. The van der Waals surface area contributed by atoms with Crippen LogP contribution in [0.2, 0.25) is 10.0 Å². The molecule has 0 fully saturated rings. The molecule has 0 spiro atoms. The van der Waals surface area contributed by atoms with Gasteiger partial charge in [-0.1, -0.05) is 71.7 Å². The van der Waals surface area contributed by atoms with E-state index in [4.69, 9.17) is 23.2 Å². The summed E-state index contributed by atoms with van der Waals surface area (Å²) in [6, 6.07) is 21.2. The molecule has 0 heterocycles. The monoisotopic (exact) mass is 398 g/mol. The van der Waals surface area contributed by atoms with Gasteiger partial charge in [-0.05, 0) is 29.8 Å². The highest BCUT2D eigenvalue weighted by Crippen LogP contribution is 2.26. The van der Waals surface area contributed by atoms with Crippen LogP contribution in [0.15, 0.2) is 72.8 Å². The van der Waals surface area contributed by atoms with Gasteiger partial charge in [0.05, 0.1) is 26.9 Å². The Morgan fingerprint density at radius 1 is 0.741 bits per heavy atom. The van der Waals surface area contributed by atoms with Crippen molar-refractivity contribution in [2.45, 2.75) is 6.54 Å². The largest absolute Gasteiger partial charge is 0.348 e. The SMILES string of the molecule is O=C(NCc1ccccc1)c1ccccc1NC(=O)c1c(Cl)cccc1Cl. The first kappa shape index (κ1) is 19.0. The average Bonchev–Trinajstić information content (AvgIpc) is 2.67. The van der Waals surface area contributed by atoms with Crippen molar-refractivity contribution in [2.24, 2.45) is 0 Å². The van der Waals surface area contributed by atoms with Gasteiger partial charge < -0.3 is 10.6 Å². The van der Waals surface area contributed by atoms with E-state index in [1.807, 2.05) is 30.3 Å². The van der Waals surface area contributed by atoms with Gasteiger partial charge in [0.15, 0.2) is 0 Å². The number of nitrogens with one attached hydrogen (secondary N) is 2. The third-order valence-corrected chi connectivity index (χ3v) is 4.54. The van der Waals surface area contributed by atoms with Crippen LogP contribution in [0, 0.1) is 0 Å². The van der Waals surface area contributed by atoms with E-state index < -0.39 is 5.91 Å². The molecule has 0 aromatic heterocycles. The standard InChI is InChI=1S/C21H16Cl2N2O2/c22-16-10-6-11-17(23)19(16)21(27)25-18-12-5-4-9-15(18)20(26)24-13-14-7-2-1-3-8-14/h1-12H,13H2,(H,24,26)(H,25,27). The van der Waals surface area contributed by atoms with Crippen LogP contribution in [0.1, 0.15) is 26.3 Å². The van der Waals surface area contributed by atoms with Gasteiger partial charge in [-0.15, -0.1) is 0 Å². The van der Waals surface area contributed by atoms with Crippen molar-refractivity contribution >= 4 is 40.7 Å². The average molecular weight is 399 g/mol. The predicted octanol–water partition coefficient (Wildman–Crippen LogP) is 5.18. The van der Waals surface area contributed by atoms with Gasteiger partial charge in [-0.25, -0.2) is 0 Å². The highest BCUT2D eigenvalue weighted by atomic mass is 35.5. The number of rotatable bonds is 5. The number of carbonyl (C=O) groups is 2. The van der Waals surface area contributed by atoms with Gasteiger partial charge in [0, 0.05) is 6.54 Å². The first-order chi connectivity index (χ1) is 13.1. The van der Waals surface area contributed by atoms with Gasteiger partial charge in [0.1, 0.15) is 0 Å². The van der Waals surface area contributed by atoms with Gasteiger partial charge >= 0.3 is 0 Å². The molecule has 136 valence electrons. The molecule has 0 aliphatic heterocycles. The molecule has 6 heteroatoms. The van der Waals surface area contributed by atoms with Crippen molar-refractivity contribution in [3.8, 4) is 0 Å². The minimum absolute atomic E-state index is 0.167. The second kappa shape index (κ2) is 8.71. The Labute approximate surface area is 167 Å². The molecule has 3 aromatic rings. The molecule has 0 aliphatic rings. The fourth-order valence-electron chi connectivity index (χ4n) is 2.56. The molecule has 0 bridgehead atoms. The van der Waals surface area contributed by atoms with Crippen molar-refractivity contribution < 1.29 is 9.59 Å². The maximum absolute atomic E-state index is 12.6. The summed E-state index contributed by atoms with van der Waals surface area (Å²) >= 11 is 12.2. The smallest absolute Gasteiger partial charge is 0.258 e. The van der Waals surface area contributed by atoms with Crippen molar-refractivity contribution in [1.82, 2.24) is 5.32 Å². The van der Waals surface area contributed by atoms with Gasteiger partial charge in [0.25, 0.3) is 11.8 Å². The van der Waals surface area contributed by atoms with Gasteiger partial charge in [0.2, 0.25) is 0 Å². The topological polar surface area (TPSA) is 58.2 Å². The Balaban J connectivity index is 1.77. The number of anilines is 1. The van der Waals surface area contributed by atoms with E-state index in [2.05, 4.69) is 10.6 Å². The Hall–Kier alpha value is -2.82. The second-order valence-electron chi connectivity index (χ2n) is 5.76. The molecule has 0 atom stereocenters. The molecular formula is C21H16Cl2N2O2. The Morgan fingerprint density at radius 3 is 2.07 bits per heavy atom. The first-order valence-electron chi connectivity index (χ1n) is 8.23. The fraction of sp³-hybridized carbons (Fsp3) is 0.0476. The molecule has 0 aliphatic carbocycles. The molecule has 3 rings (SSSR count). The molecule has 4 nitrogen and oxygen atoms in total. The molecular weight excluding hydrogens is 383 g/mol. The fourth-order valence-corrected chi connectivity index (χ4v) is 3.13. The molecule has 3 aromatic carbocycles. The Bertz CT molecular complexity index is 955. The minimum atomic E-state index is -0.478. The highest BCUT2D eigenvalue weighted by Gasteiger charge is 2.18. The summed E-state index contributed by atoms with van der Waals surface area (Å²) in [5, 5.41) is 6.05. The quantitative estimate of drug-likeness (QED) is 0.622. The first-order valence-corrected chi connectivity index (χ1v) is 8.98. The lowest BCUT2D eigenvalue weighted by Gasteiger charge is -2.13. The molecule has 0 saturated heterocycles. The van der Waals surface area contributed by atoms with Crippen LogP contribution in [0.5, 0.6) is 0 Å². The van der Waals surface area contributed by atoms with Crippen molar-refractivity contribution in [2.75, 3.05) is 5.32 Å². The van der Waals surface area contributed by atoms with Crippen molar-refractivity contribution in [3.05, 3.63) is 99.5 Å². The van der Waals surface area contributed by atoms with Crippen LogP contribution in [0.3, 0.4) is 0 Å². The summed E-state index contributed by atoms with van der Waals surface area (Å²) in [5.41, 5.74) is 1.88. The van der Waals surface area contributed by atoms with E-state index in [0.717, 1.165) is 5.56 Å². The lowest BCUT2D eigenvalue weighted by Crippen LogP contribution is -2.25. The number of amides is 2. The number of hydrogen-bond acceptors (Lipinski definition) is 2. The second-order valence-corrected chi connectivity index (χ2v) is 6.58. The molecule has 27 heavy (non-hydrogen) atoms. The Morgan fingerprint density at radius 2 is 1.37 bits per heavy atom. The van der Waals surface area contributed by atoms with E-state index in [-0.39, 0.29) is 21.5 Å². The van der Waals surface area contributed by atoms with Gasteiger partial charge in [-0.2, -0.15) is 0 Å². The highest BCUT2D eigenvalue weighted by molar-refractivity contribution is 6.40. The minimum Gasteiger partial charge on any atom is -0.348 e. The zero-order chi connectivity index (χ0) is 19.2. The summed E-state index contributed by atoms with van der Waals surface area (Å²) in [6.45, 7) is 0.387. The molecule has 2 amide bonds. The number of benzene rings is 3. The summed E-state index contributed by atoms with van der Waals surface area (Å²) in [5.74, 6) is -0.770. The van der Waals surface area contributed by atoms with Crippen LogP contribution < -0.4 is 10.6 Å². The third kappa shape index (κ3) is 4.67. The summed E-state index contributed by atoms with van der Waals surface area (Å²) in [4.78, 5) is 25.2. The Kier molecular flexibility index (Phi) is 6.12. The molecule has 0 unspecified atom stereocenters. The van der Waals surface area contributed by atoms with E-state index in [1.165, 1.54) is 0 Å².